The summed E-state index contributed by atoms with van der Waals surface area (Å²) in [5, 5.41) is 11.6. The number of hydrogen-bond donors (Lipinski definition) is 2. The van der Waals surface area contributed by atoms with Gasteiger partial charge in [-0.2, -0.15) is 0 Å². The zero-order chi connectivity index (χ0) is 7.40. The lowest BCUT2D eigenvalue weighted by Gasteiger charge is -2.08. The first kappa shape index (κ1) is 7.93. The molecule has 1 rings (SSSR count). The van der Waals surface area contributed by atoms with E-state index in [0.717, 1.165) is 26.1 Å². The Labute approximate surface area is 66.6 Å². The smallest absolute Gasteiger partial charge is 0.0679 e. The van der Waals surface area contributed by atoms with Crippen molar-refractivity contribution in [2.24, 2.45) is 0 Å². The van der Waals surface area contributed by atoms with Gasteiger partial charge in [0.25, 0.3) is 0 Å². The van der Waals surface area contributed by atoms with Crippen molar-refractivity contribution in [2.45, 2.75) is 12.5 Å². The summed E-state index contributed by atoms with van der Waals surface area (Å²) in [7, 11) is 0. The normalized spacial score (nSPS) is 26.0. The molecule has 56 valence electrons. The largest absolute Gasteiger partial charge is 0.392 e. The minimum Gasteiger partial charge on any atom is -0.392 e. The average Bonchev–Trinajstić information content (AvgIpc) is 2.31. The van der Waals surface area contributed by atoms with Crippen LogP contribution in [0, 0.1) is 11.2 Å². The van der Waals surface area contributed by atoms with Crippen LogP contribution in [-0.4, -0.2) is 35.7 Å². The van der Waals surface area contributed by atoms with Crippen molar-refractivity contribution in [1.82, 2.24) is 4.90 Å². The third-order valence-corrected chi connectivity index (χ3v) is 1.79. The maximum absolute atomic E-state index is 9.09. The first-order valence-electron chi connectivity index (χ1n) is 3.35. The lowest BCUT2D eigenvalue weighted by Crippen LogP contribution is -2.22. The molecule has 10 heavy (non-hydrogen) atoms. The van der Waals surface area contributed by atoms with Crippen molar-refractivity contribution in [3.63, 3.8) is 0 Å². The highest BCUT2D eigenvalue weighted by Gasteiger charge is 2.18. The molecule has 1 atom stereocenters. The Morgan fingerprint density at radius 3 is 3.00 bits per heavy atom. The Morgan fingerprint density at radius 2 is 2.50 bits per heavy atom. The minimum absolute atomic E-state index is 0.137. The summed E-state index contributed by atoms with van der Waals surface area (Å²) >= 11 is 3.77. The van der Waals surface area contributed by atoms with Gasteiger partial charge in [0.2, 0.25) is 0 Å². The number of aliphatic hydroxyl groups is 1. The molecule has 0 radical (unpaired) electrons. The number of nitrogens with zero attached hydrogens (tertiary/aromatic N) is 1. The van der Waals surface area contributed by atoms with E-state index in [1.165, 1.54) is 0 Å². The maximum atomic E-state index is 9.09. The van der Waals surface area contributed by atoms with Crippen molar-refractivity contribution >= 4 is 12.6 Å². The Bertz CT molecular complexity index is 161. The summed E-state index contributed by atoms with van der Waals surface area (Å²) in [5.74, 6) is 2.84. The van der Waals surface area contributed by atoms with Crippen LogP contribution >= 0.6 is 12.6 Å². The molecule has 2 nitrogen and oxygen atoms in total. The molecule has 1 saturated heterocycles. The van der Waals surface area contributed by atoms with E-state index < -0.39 is 0 Å². The summed E-state index contributed by atoms with van der Waals surface area (Å²) in [4.78, 5) is 2.12. The fourth-order valence-corrected chi connectivity index (χ4v) is 1.17. The molecule has 1 heterocycles. The van der Waals surface area contributed by atoms with Crippen molar-refractivity contribution in [1.29, 1.82) is 0 Å². The minimum atomic E-state index is -0.137. The quantitative estimate of drug-likeness (QED) is 0.411. The molecule has 0 unspecified atom stereocenters. The van der Waals surface area contributed by atoms with Gasteiger partial charge in [-0.25, -0.2) is 0 Å². The van der Waals surface area contributed by atoms with Gasteiger partial charge in [-0.05, 0) is 11.7 Å². The van der Waals surface area contributed by atoms with Crippen LogP contribution in [0.1, 0.15) is 6.42 Å². The van der Waals surface area contributed by atoms with Crippen molar-refractivity contribution < 1.29 is 5.11 Å². The van der Waals surface area contributed by atoms with Crippen molar-refractivity contribution in [3.8, 4) is 11.2 Å². The third-order valence-electron chi connectivity index (χ3n) is 1.63. The average molecular weight is 157 g/mol. The molecule has 0 aromatic carbocycles. The number of rotatable bonds is 1. The van der Waals surface area contributed by atoms with Crippen LogP contribution in [0.15, 0.2) is 0 Å². The van der Waals surface area contributed by atoms with Gasteiger partial charge in [0.1, 0.15) is 0 Å². The lowest BCUT2D eigenvalue weighted by atomic mass is 10.3. The molecule has 0 saturated carbocycles. The second-order valence-corrected chi connectivity index (χ2v) is 2.69. The topological polar surface area (TPSA) is 23.5 Å². The molecule has 0 aliphatic carbocycles. The number of aliphatic hydroxyl groups excluding tert-OH is 1. The van der Waals surface area contributed by atoms with Gasteiger partial charge in [-0.15, -0.1) is 0 Å². The van der Waals surface area contributed by atoms with Crippen LogP contribution in [0.25, 0.3) is 0 Å². The third kappa shape index (κ3) is 2.22. The second kappa shape index (κ2) is 3.87. The van der Waals surface area contributed by atoms with Crippen LogP contribution in [0.3, 0.4) is 0 Å². The second-order valence-electron chi connectivity index (χ2n) is 2.47. The molecule has 1 aliphatic rings. The van der Waals surface area contributed by atoms with E-state index in [1.807, 2.05) is 0 Å². The Hall–Kier alpha value is -0.170. The van der Waals surface area contributed by atoms with Gasteiger partial charge in [-0.1, -0.05) is 18.5 Å². The van der Waals surface area contributed by atoms with Gasteiger partial charge in [0.05, 0.1) is 12.6 Å². The molecule has 3 heteroatoms. The highest BCUT2D eigenvalue weighted by molar-refractivity contribution is 7.85. The Kier molecular flexibility index (Phi) is 3.07. The van der Waals surface area contributed by atoms with E-state index in [4.69, 9.17) is 5.11 Å². The fraction of sp³-hybridized carbons (Fsp3) is 0.714. The van der Waals surface area contributed by atoms with Crippen LogP contribution in [0.2, 0.25) is 0 Å². The predicted octanol–water partition coefficient (Wildman–Crippen LogP) is -0.0563. The molecular formula is C7H11NOS. The Morgan fingerprint density at radius 1 is 1.70 bits per heavy atom. The first-order chi connectivity index (χ1) is 4.83. The van der Waals surface area contributed by atoms with Crippen LogP contribution in [-0.2, 0) is 0 Å². The van der Waals surface area contributed by atoms with Crippen LogP contribution in [0.5, 0.6) is 0 Å². The molecule has 1 aliphatic heterocycles. The maximum Gasteiger partial charge on any atom is 0.0679 e. The molecule has 1 fully saturated rings. The van der Waals surface area contributed by atoms with Gasteiger partial charge in [0, 0.05) is 13.1 Å². The molecular weight excluding hydrogens is 146 g/mol. The molecule has 0 aromatic heterocycles. The van der Waals surface area contributed by atoms with Crippen molar-refractivity contribution in [3.05, 3.63) is 0 Å². The van der Waals surface area contributed by atoms with Crippen LogP contribution < -0.4 is 0 Å². The summed E-state index contributed by atoms with van der Waals surface area (Å²) in [5.41, 5.74) is 0. The highest BCUT2D eigenvalue weighted by atomic mass is 32.1. The zero-order valence-corrected chi connectivity index (χ0v) is 6.64. The SMILES string of the molecule is O[C@@H]1CCN(CC#CS)C1. The van der Waals surface area contributed by atoms with Gasteiger partial charge < -0.3 is 5.11 Å². The number of β-amino-alcohol motifs (C(OH)–C–C–N with tert-alkyl or cyclic N) is 1. The molecule has 0 aromatic rings. The summed E-state index contributed by atoms with van der Waals surface area (Å²) in [6.07, 6.45) is 0.746. The molecule has 1 N–H and O–H groups in total. The monoisotopic (exact) mass is 157 g/mol. The summed E-state index contributed by atoms with van der Waals surface area (Å²) in [6, 6.07) is 0. The van der Waals surface area contributed by atoms with Crippen molar-refractivity contribution in [2.75, 3.05) is 19.6 Å². The number of thiol groups is 1. The molecule has 0 spiro atoms. The zero-order valence-electron chi connectivity index (χ0n) is 5.75. The van der Waals surface area contributed by atoms with Gasteiger partial charge in [0.15, 0.2) is 0 Å². The van der Waals surface area contributed by atoms with Gasteiger partial charge in [-0.3, -0.25) is 4.90 Å². The van der Waals surface area contributed by atoms with E-state index in [9.17, 15) is 0 Å². The van der Waals surface area contributed by atoms with E-state index in [2.05, 4.69) is 28.7 Å². The summed E-state index contributed by atoms with van der Waals surface area (Å²) in [6.45, 7) is 2.46. The summed E-state index contributed by atoms with van der Waals surface area (Å²) < 4.78 is 0. The van der Waals surface area contributed by atoms with Gasteiger partial charge >= 0.3 is 0 Å². The predicted molar refractivity (Wildman–Crippen MR) is 43.8 cm³/mol. The standard InChI is InChI=1S/C7H11NOS/c9-7-2-4-8(6-7)3-1-5-10/h7,9-10H,2-4,6H2/t7-/m1/s1. The van der Waals surface area contributed by atoms with Crippen LogP contribution in [0.4, 0.5) is 0 Å². The van der Waals surface area contributed by atoms with E-state index >= 15 is 0 Å². The first-order valence-corrected chi connectivity index (χ1v) is 3.80. The van der Waals surface area contributed by atoms with E-state index in [1.54, 1.807) is 0 Å². The highest BCUT2D eigenvalue weighted by Crippen LogP contribution is 2.06. The number of likely N-dealkylation sites (tertiary alicyclic amines) is 1. The fourth-order valence-electron chi connectivity index (χ4n) is 1.10. The number of hydrogen-bond acceptors (Lipinski definition) is 3. The Balaban J connectivity index is 2.22. The molecule has 0 bridgehead atoms. The van der Waals surface area contributed by atoms with E-state index in [-0.39, 0.29) is 6.10 Å². The molecule has 0 amide bonds. The lowest BCUT2D eigenvalue weighted by molar-refractivity contribution is 0.180. The van der Waals surface area contributed by atoms with E-state index in [0.29, 0.717) is 0 Å².